The maximum Gasteiger partial charge on any atom is 0.257 e. The summed E-state index contributed by atoms with van der Waals surface area (Å²) in [5, 5.41) is 13.8. The number of phenolic OH excluding ortho intramolecular Hbond substituents is 1. The Labute approximate surface area is 183 Å². The molecular formula is C24H21N3O3S. The van der Waals surface area contributed by atoms with E-state index in [9.17, 15) is 14.7 Å². The topological polar surface area (TPSA) is 95.1 Å². The molecular weight excluding hydrogens is 410 g/mol. The molecule has 0 unspecified atom stereocenters. The van der Waals surface area contributed by atoms with Crippen molar-refractivity contribution in [3.8, 4) is 5.75 Å². The number of aromatic amines is 1. The zero-order chi connectivity index (χ0) is 21.4. The summed E-state index contributed by atoms with van der Waals surface area (Å²) in [6.07, 6.45) is 1.96. The number of fused-ring (bicyclic) bond motifs is 1. The van der Waals surface area contributed by atoms with Crippen LogP contribution in [0.2, 0.25) is 0 Å². The summed E-state index contributed by atoms with van der Waals surface area (Å²) in [7, 11) is 0. The fourth-order valence-corrected chi connectivity index (χ4v) is 5.09. The number of aromatic nitrogens is 2. The highest BCUT2D eigenvalue weighted by atomic mass is 32.2. The van der Waals surface area contributed by atoms with Gasteiger partial charge in [0.1, 0.15) is 11.6 Å². The Morgan fingerprint density at radius 3 is 2.71 bits per heavy atom. The minimum absolute atomic E-state index is 0.0367. The average Bonchev–Trinajstić information content (AvgIpc) is 2.77. The summed E-state index contributed by atoms with van der Waals surface area (Å²) < 4.78 is 0. The number of carbonyl (C=O) groups is 1. The van der Waals surface area contributed by atoms with Crippen LogP contribution in [0.25, 0.3) is 0 Å². The molecule has 0 bridgehead atoms. The number of allylic oxidation sites excluding steroid dienone is 2. The molecule has 1 aliphatic carbocycles. The van der Waals surface area contributed by atoms with Crippen LogP contribution in [0.3, 0.4) is 0 Å². The third-order valence-electron chi connectivity index (χ3n) is 5.66. The number of hydrogen-bond donors (Lipinski definition) is 3. The van der Waals surface area contributed by atoms with Crippen molar-refractivity contribution in [2.75, 3.05) is 5.32 Å². The smallest absolute Gasteiger partial charge is 0.257 e. The molecule has 3 N–H and O–H groups in total. The Hall–Kier alpha value is -3.32. The van der Waals surface area contributed by atoms with E-state index >= 15 is 0 Å². The first-order valence-electron chi connectivity index (χ1n) is 10.2. The molecule has 0 saturated heterocycles. The van der Waals surface area contributed by atoms with Crippen LogP contribution >= 0.6 is 11.8 Å². The Balaban J connectivity index is 1.58. The van der Waals surface area contributed by atoms with Gasteiger partial charge in [-0.25, -0.2) is 4.98 Å². The highest BCUT2D eigenvalue weighted by molar-refractivity contribution is 7.98. The number of benzene rings is 2. The zero-order valence-electron chi connectivity index (χ0n) is 16.7. The van der Waals surface area contributed by atoms with Gasteiger partial charge < -0.3 is 15.4 Å². The quantitative estimate of drug-likeness (QED) is 0.420. The van der Waals surface area contributed by atoms with Gasteiger partial charge in [0.2, 0.25) is 0 Å². The standard InChI is InChI=1S/C24H21N3O3S/c28-16-9-4-8-15(12-16)19-20-17(10-5-11-18(20)29)25-22-21(19)23(30)27-24(26-22)31-13-14-6-2-1-3-7-14/h1-4,6-9,12,19,28H,5,10-11,13H2,(H2,25,26,27,30)/t19-/m1/s1. The number of nitrogens with one attached hydrogen (secondary N) is 2. The Morgan fingerprint density at radius 2 is 1.90 bits per heavy atom. The van der Waals surface area contributed by atoms with Gasteiger partial charge in [0, 0.05) is 29.4 Å². The number of ketones is 1. The Kier molecular flexibility index (Phi) is 5.11. The number of hydrogen-bond acceptors (Lipinski definition) is 6. The van der Waals surface area contributed by atoms with Gasteiger partial charge in [0.15, 0.2) is 10.9 Å². The van der Waals surface area contributed by atoms with Gasteiger partial charge in [-0.2, -0.15) is 0 Å². The van der Waals surface area contributed by atoms with E-state index < -0.39 is 5.92 Å². The molecule has 7 heteroatoms. The summed E-state index contributed by atoms with van der Waals surface area (Å²) in [5.74, 6) is 0.763. The van der Waals surface area contributed by atoms with Crippen molar-refractivity contribution in [1.82, 2.24) is 9.97 Å². The van der Waals surface area contributed by atoms with Crippen LogP contribution in [0.1, 0.15) is 41.9 Å². The molecule has 0 radical (unpaired) electrons. The van der Waals surface area contributed by atoms with E-state index in [1.54, 1.807) is 18.2 Å². The van der Waals surface area contributed by atoms with E-state index in [-0.39, 0.29) is 17.1 Å². The van der Waals surface area contributed by atoms with Crippen LogP contribution in [0.5, 0.6) is 5.75 Å². The number of H-pyrrole nitrogens is 1. The number of anilines is 1. The number of aromatic hydroxyl groups is 1. The molecule has 6 nitrogen and oxygen atoms in total. The lowest BCUT2D eigenvalue weighted by atomic mass is 9.76. The number of nitrogens with zero attached hydrogens (tertiary/aromatic N) is 1. The van der Waals surface area contributed by atoms with Crippen LogP contribution in [0.15, 0.2) is 75.8 Å². The van der Waals surface area contributed by atoms with Gasteiger partial charge in [0.05, 0.1) is 5.56 Å². The summed E-state index contributed by atoms with van der Waals surface area (Å²) in [5.41, 5.74) is 3.44. The van der Waals surface area contributed by atoms with E-state index in [2.05, 4.69) is 10.3 Å². The molecule has 3 aromatic rings. The Bertz CT molecular complexity index is 1250. The van der Waals surface area contributed by atoms with E-state index in [1.807, 2.05) is 36.4 Å². The lowest BCUT2D eigenvalue weighted by Gasteiger charge is -2.32. The second-order valence-electron chi connectivity index (χ2n) is 7.73. The molecule has 156 valence electrons. The first-order chi connectivity index (χ1) is 15.1. The van der Waals surface area contributed by atoms with Gasteiger partial charge in [-0.3, -0.25) is 9.59 Å². The first kappa shape index (κ1) is 19.6. The van der Waals surface area contributed by atoms with Crippen LogP contribution in [0.4, 0.5) is 5.82 Å². The van der Waals surface area contributed by atoms with Crippen molar-refractivity contribution in [2.24, 2.45) is 0 Å². The molecule has 1 aromatic heterocycles. The Morgan fingerprint density at radius 1 is 1.06 bits per heavy atom. The number of rotatable bonds is 4. The lowest BCUT2D eigenvalue weighted by Crippen LogP contribution is -2.32. The number of phenols is 1. The summed E-state index contributed by atoms with van der Waals surface area (Å²) in [6, 6.07) is 16.8. The van der Waals surface area contributed by atoms with Crippen molar-refractivity contribution in [1.29, 1.82) is 0 Å². The number of Topliss-reactive ketones (excluding diaryl/α,β-unsaturated/α-hetero) is 1. The van der Waals surface area contributed by atoms with Crippen molar-refractivity contribution in [3.05, 3.63) is 92.9 Å². The van der Waals surface area contributed by atoms with Crippen molar-refractivity contribution >= 4 is 23.4 Å². The first-order valence-corrected chi connectivity index (χ1v) is 11.2. The van der Waals surface area contributed by atoms with Crippen LogP contribution in [-0.2, 0) is 10.5 Å². The van der Waals surface area contributed by atoms with Crippen molar-refractivity contribution in [3.63, 3.8) is 0 Å². The molecule has 2 aliphatic rings. The fraction of sp³-hybridized carbons (Fsp3) is 0.208. The maximum atomic E-state index is 13.2. The molecule has 0 saturated carbocycles. The predicted octanol–water partition coefficient (Wildman–Crippen LogP) is 4.33. The third kappa shape index (κ3) is 3.77. The van der Waals surface area contributed by atoms with Crippen LogP contribution in [-0.4, -0.2) is 20.9 Å². The third-order valence-corrected chi connectivity index (χ3v) is 6.60. The molecule has 0 spiro atoms. The lowest BCUT2D eigenvalue weighted by molar-refractivity contribution is -0.116. The monoisotopic (exact) mass is 431 g/mol. The summed E-state index contributed by atoms with van der Waals surface area (Å²) >= 11 is 1.46. The second-order valence-corrected chi connectivity index (χ2v) is 8.69. The van der Waals surface area contributed by atoms with Gasteiger partial charge in [-0.1, -0.05) is 54.2 Å². The van der Waals surface area contributed by atoms with Gasteiger partial charge >= 0.3 is 0 Å². The van der Waals surface area contributed by atoms with Crippen LogP contribution < -0.4 is 10.9 Å². The molecule has 2 heterocycles. The van der Waals surface area contributed by atoms with E-state index in [0.29, 0.717) is 39.8 Å². The van der Waals surface area contributed by atoms with Crippen molar-refractivity contribution in [2.45, 2.75) is 36.1 Å². The van der Waals surface area contributed by atoms with Crippen molar-refractivity contribution < 1.29 is 9.90 Å². The van der Waals surface area contributed by atoms with Gasteiger partial charge in [0.25, 0.3) is 5.56 Å². The number of carbonyl (C=O) groups excluding carboxylic acids is 1. The number of thioether (sulfide) groups is 1. The molecule has 31 heavy (non-hydrogen) atoms. The normalized spacial score (nSPS) is 17.7. The molecule has 0 fully saturated rings. The maximum absolute atomic E-state index is 13.2. The predicted molar refractivity (Wildman–Crippen MR) is 120 cm³/mol. The summed E-state index contributed by atoms with van der Waals surface area (Å²) in [4.78, 5) is 33.6. The zero-order valence-corrected chi connectivity index (χ0v) is 17.5. The molecule has 1 aliphatic heterocycles. The molecule has 2 aromatic carbocycles. The van der Waals surface area contributed by atoms with Crippen LogP contribution in [0, 0.1) is 0 Å². The highest BCUT2D eigenvalue weighted by Gasteiger charge is 2.37. The summed E-state index contributed by atoms with van der Waals surface area (Å²) in [6.45, 7) is 0. The average molecular weight is 432 g/mol. The van der Waals surface area contributed by atoms with E-state index in [4.69, 9.17) is 4.98 Å². The minimum atomic E-state index is -0.546. The van der Waals surface area contributed by atoms with E-state index in [1.165, 1.54) is 11.8 Å². The SMILES string of the molecule is O=C1CCCC2=C1[C@@H](c1cccc(O)c1)c1c(nc(SCc3ccccc3)[nH]c1=O)N2. The molecule has 5 rings (SSSR count). The largest absolute Gasteiger partial charge is 0.508 e. The minimum Gasteiger partial charge on any atom is -0.508 e. The fourth-order valence-electron chi connectivity index (χ4n) is 4.27. The van der Waals surface area contributed by atoms with E-state index in [0.717, 1.165) is 24.1 Å². The van der Waals surface area contributed by atoms with Gasteiger partial charge in [-0.15, -0.1) is 0 Å². The second kappa shape index (κ2) is 8.07. The van der Waals surface area contributed by atoms with Gasteiger partial charge in [-0.05, 0) is 36.1 Å². The highest BCUT2D eigenvalue weighted by Crippen LogP contribution is 2.44. The molecule has 0 amide bonds. The molecule has 1 atom stereocenters.